The number of ether oxygens (including phenoxy) is 1. The van der Waals surface area contributed by atoms with E-state index in [4.69, 9.17) is 4.74 Å². The second-order valence-corrected chi connectivity index (χ2v) is 7.70. The van der Waals surface area contributed by atoms with Crippen LogP contribution in [0.25, 0.3) is 0 Å². The Kier molecular flexibility index (Phi) is 6.52. The van der Waals surface area contributed by atoms with Crippen LogP contribution in [0.4, 0.5) is 10.5 Å². The highest BCUT2D eigenvalue weighted by Gasteiger charge is 2.23. The summed E-state index contributed by atoms with van der Waals surface area (Å²) in [4.78, 5) is 12.0. The zero-order chi connectivity index (χ0) is 17.6. The van der Waals surface area contributed by atoms with Gasteiger partial charge in [-0.15, -0.1) is 0 Å². The molecule has 1 atom stereocenters. The van der Waals surface area contributed by atoms with Crippen molar-refractivity contribution in [1.29, 1.82) is 0 Å². The van der Waals surface area contributed by atoms with Gasteiger partial charge in [0.15, 0.2) is 0 Å². The summed E-state index contributed by atoms with van der Waals surface area (Å²) in [6, 6.07) is 6.79. The molecular formula is C20H32N2O2. The molecule has 4 heteroatoms. The van der Waals surface area contributed by atoms with Crippen molar-refractivity contribution in [3.63, 3.8) is 0 Å². The van der Waals surface area contributed by atoms with E-state index in [1.165, 1.54) is 36.1 Å². The van der Waals surface area contributed by atoms with E-state index in [0.29, 0.717) is 0 Å². The summed E-state index contributed by atoms with van der Waals surface area (Å²) < 4.78 is 5.37. The Labute approximate surface area is 146 Å². The number of fused-ring (bicyclic) bond motifs is 1. The third-order valence-electron chi connectivity index (χ3n) is 4.27. The van der Waals surface area contributed by atoms with E-state index in [0.717, 1.165) is 25.8 Å². The molecule has 1 amide bonds. The van der Waals surface area contributed by atoms with Gasteiger partial charge in [-0.1, -0.05) is 25.8 Å². The molecule has 1 aliphatic rings. The predicted octanol–water partition coefficient (Wildman–Crippen LogP) is 4.67. The van der Waals surface area contributed by atoms with Crippen LogP contribution >= 0.6 is 0 Å². The number of anilines is 1. The molecule has 0 radical (unpaired) electrons. The van der Waals surface area contributed by atoms with Gasteiger partial charge in [-0.2, -0.15) is 0 Å². The molecule has 1 aliphatic carbocycles. The van der Waals surface area contributed by atoms with E-state index in [2.05, 4.69) is 35.8 Å². The number of hydrogen-bond acceptors (Lipinski definition) is 3. The van der Waals surface area contributed by atoms with Gasteiger partial charge in [0.25, 0.3) is 0 Å². The summed E-state index contributed by atoms with van der Waals surface area (Å²) in [7, 11) is 0. The molecule has 0 saturated heterocycles. The summed E-state index contributed by atoms with van der Waals surface area (Å²) in [5, 5.41) is 6.52. The van der Waals surface area contributed by atoms with Gasteiger partial charge in [0.05, 0.1) is 0 Å². The summed E-state index contributed by atoms with van der Waals surface area (Å²) in [5.41, 5.74) is 3.47. The molecule has 2 N–H and O–H groups in total. The van der Waals surface area contributed by atoms with Crippen LogP contribution in [0.3, 0.4) is 0 Å². The lowest BCUT2D eigenvalue weighted by Crippen LogP contribution is -2.41. The Morgan fingerprint density at radius 1 is 1.25 bits per heavy atom. The SMILES string of the molecule is CCCCCNc1ccc2c(c1)CC(NC(=O)OC(C)(C)C)CC2. The third-order valence-corrected chi connectivity index (χ3v) is 4.27. The van der Waals surface area contributed by atoms with Crippen molar-refractivity contribution in [2.75, 3.05) is 11.9 Å². The number of amides is 1. The Morgan fingerprint density at radius 2 is 2.04 bits per heavy atom. The van der Waals surface area contributed by atoms with Crippen LogP contribution in [0.5, 0.6) is 0 Å². The zero-order valence-electron chi connectivity index (χ0n) is 15.6. The lowest BCUT2D eigenvalue weighted by Gasteiger charge is -2.27. The number of aryl methyl sites for hydroxylation is 1. The van der Waals surface area contributed by atoms with Crippen molar-refractivity contribution in [1.82, 2.24) is 5.32 Å². The van der Waals surface area contributed by atoms with Crippen molar-refractivity contribution in [3.8, 4) is 0 Å². The lowest BCUT2D eigenvalue weighted by atomic mass is 9.88. The summed E-state index contributed by atoms with van der Waals surface area (Å²) in [5.74, 6) is 0. The van der Waals surface area contributed by atoms with Crippen LogP contribution in [0.1, 0.15) is 64.5 Å². The van der Waals surface area contributed by atoms with Crippen LogP contribution in [0.15, 0.2) is 18.2 Å². The van der Waals surface area contributed by atoms with Gasteiger partial charge in [-0.25, -0.2) is 4.79 Å². The molecule has 24 heavy (non-hydrogen) atoms. The van der Waals surface area contributed by atoms with E-state index in [1.807, 2.05) is 20.8 Å². The highest BCUT2D eigenvalue weighted by Crippen LogP contribution is 2.25. The van der Waals surface area contributed by atoms with Crippen LogP contribution in [-0.4, -0.2) is 24.3 Å². The van der Waals surface area contributed by atoms with Gasteiger partial charge in [-0.3, -0.25) is 0 Å². The third kappa shape index (κ3) is 6.06. The van der Waals surface area contributed by atoms with Crippen LogP contribution in [0.2, 0.25) is 0 Å². The molecule has 1 aromatic carbocycles. The Hall–Kier alpha value is -1.71. The minimum Gasteiger partial charge on any atom is -0.444 e. The first-order valence-corrected chi connectivity index (χ1v) is 9.22. The topological polar surface area (TPSA) is 50.4 Å². The van der Waals surface area contributed by atoms with Crippen molar-refractivity contribution in [2.45, 2.75) is 77.9 Å². The number of nitrogens with one attached hydrogen (secondary N) is 2. The standard InChI is InChI=1S/C20H32N2O2/c1-5-6-7-12-21-17-10-8-15-9-11-18(14-16(15)13-17)22-19(23)24-20(2,3)4/h8,10,13,18,21H,5-7,9,11-12,14H2,1-4H3,(H,22,23). The minimum absolute atomic E-state index is 0.155. The molecule has 0 aromatic heterocycles. The first-order chi connectivity index (χ1) is 11.4. The Bertz CT molecular complexity index is 549. The van der Waals surface area contributed by atoms with E-state index in [1.54, 1.807) is 0 Å². The molecule has 0 bridgehead atoms. The highest BCUT2D eigenvalue weighted by atomic mass is 16.6. The molecule has 0 saturated carbocycles. The van der Waals surface area contributed by atoms with Crippen molar-refractivity contribution < 1.29 is 9.53 Å². The first kappa shape index (κ1) is 18.6. The van der Waals surface area contributed by atoms with E-state index >= 15 is 0 Å². The number of alkyl carbamates (subject to hydrolysis) is 1. The van der Waals surface area contributed by atoms with Crippen molar-refractivity contribution >= 4 is 11.8 Å². The summed E-state index contributed by atoms with van der Waals surface area (Å²) in [6.07, 6.45) is 6.24. The van der Waals surface area contributed by atoms with Crippen LogP contribution in [0, 0.1) is 0 Å². The summed E-state index contributed by atoms with van der Waals surface area (Å²) >= 11 is 0. The first-order valence-electron chi connectivity index (χ1n) is 9.22. The maximum Gasteiger partial charge on any atom is 0.407 e. The van der Waals surface area contributed by atoms with Gasteiger partial charge < -0.3 is 15.4 Å². The number of hydrogen-bond donors (Lipinski definition) is 2. The van der Waals surface area contributed by atoms with Gasteiger partial charge in [-0.05, 0) is 69.7 Å². The maximum atomic E-state index is 12.0. The second kappa shape index (κ2) is 8.41. The molecular weight excluding hydrogens is 300 g/mol. The Balaban J connectivity index is 1.90. The van der Waals surface area contributed by atoms with E-state index in [-0.39, 0.29) is 12.1 Å². The number of carbonyl (C=O) groups excluding carboxylic acids is 1. The maximum absolute atomic E-state index is 12.0. The fourth-order valence-corrected chi connectivity index (χ4v) is 3.07. The number of unbranched alkanes of at least 4 members (excludes halogenated alkanes) is 2. The quantitative estimate of drug-likeness (QED) is 0.744. The van der Waals surface area contributed by atoms with Crippen molar-refractivity contribution in [3.05, 3.63) is 29.3 Å². The van der Waals surface area contributed by atoms with Crippen molar-refractivity contribution in [2.24, 2.45) is 0 Å². The van der Waals surface area contributed by atoms with Gasteiger partial charge >= 0.3 is 6.09 Å². The molecule has 0 aliphatic heterocycles. The van der Waals surface area contributed by atoms with Gasteiger partial charge in [0.2, 0.25) is 0 Å². The second-order valence-electron chi connectivity index (χ2n) is 7.70. The molecule has 1 aromatic rings. The lowest BCUT2D eigenvalue weighted by molar-refractivity contribution is 0.0500. The monoisotopic (exact) mass is 332 g/mol. The average Bonchev–Trinajstić information content (AvgIpc) is 2.49. The molecule has 4 nitrogen and oxygen atoms in total. The van der Waals surface area contributed by atoms with E-state index < -0.39 is 5.60 Å². The minimum atomic E-state index is -0.452. The fourth-order valence-electron chi connectivity index (χ4n) is 3.07. The molecule has 0 fully saturated rings. The average molecular weight is 332 g/mol. The van der Waals surface area contributed by atoms with Gasteiger partial charge in [0.1, 0.15) is 5.60 Å². The predicted molar refractivity (Wildman–Crippen MR) is 99.6 cm³/mol. The molecule has 1 unspecified atom stereocenters. The van der Waals surface area contributed by atoms with Crippen LogP contribution in [-0.2, 0) is 17.6 Å². The zero-order valence-corrected chi connectivity index (χ0v) is 15.6. The number of benzene rings is 1. The largest absolute Gasteiger partial charge is 0.444 e. The number of rotatable bonds is 6. The van der Waals surface area contributed by atoms with E-state index in [9.17, 15) is 4.79 Å². The molecule has 0 heterocycles. The summed E-state index contributed by atoms with van der Waals surface area (Å²) in [6.45, 7) is 8.90. The Morgan fingerprint density at radius 3 is 2.75 bits per heavy atom. The number of carbonyl (C=O) groups is 1. The normalized spacial score (nSPS) is 17.1. The highest BCUT2D eigenvalue weighted by molar-refractivity contribution is 5.68. The smallest absolute Gasteiger partial charge is 0.407 e. The molecule has 2 rings (SSSR count). The fraction of sp³-hybridized carbons (Fsp3) is 0.650. The molecule has 0 spiro atoms. The molecule has 134 valence electrons. The van der Waals surface area contributed by atoms with Crippen LogP contribution < -0.4 is 10.6 Å². The van der Waals surface area contributed by atoms with Gasteiger partial charge in [0, 0.05) is 18.3 Å².